The van der Waals surface area contributed by atoms with Gasteiger partial charge in [0.25, 0.3) is 0 Å². The molecule has 0 unspecified atom stereocenters. The van der Waals surface area contributed by atoms with E-state index in [9.17, 15) is 15.0 Å². The Hall–Kier alpha value is -3.36. The zero-order chi connectivity index (χ0) is 25.9. The van der Waals surface area contributed by atoms with E-state index >= 15 is 0 Å². The lowest BCUT2D eigenvalue weighted by molar-refractivity contribution is -0.143. The summed E-state index contributed by atoms with van der Waals surface area (Å²) in [7, 11) is 0. The van der Waals surface area contributed by atoms with Crippen molar-refractivity contribution in [3.8, 4) is 34.1 Å². The molecule has 1 fully saturated rings. The first-order valence-corrected chi connectivity index (χ1v) is 13.1. The highest BCUT2D eigenvalue weighted by Gasteiger charge is 2.29. The molecule has 2 atom stereocenters. The van der Waals surface area contributed by atoms with Gasteiger partial charge in [0, 0.05) is 29.8 Å². The molecular formula is C29H34N2O6. The maximum atomic E-state index is 11.4. The fourth-order valence-corrected chi connectivity index (χ4v) is 5.46. The molecule has 1 saturated heterocycles. The molecule has 0 bridgehead atoms. The number of carboxylic acid groups (broad SMARTS) is 1. The molecule has 2 aromatic carbocycles. The monoisotopic (exact) mass is 506 g/mol. The number of β-amino-alcohol motifs (C(OH)–C–C–N with tert-alkyl or cyclic N) is 1. The van der Waals surface area contributed by atoms with Gasteiger partial charge < -0.3 is 24.2 Å². The number of benzene rings is 2. The van der Waals surface area contributed by atoms with E-state index < -0.39 is 12.1 Å². The summed E-state index contributed by atoms with van der Waals surface area (Å²) in [5.74, 6) is 1.03. The van der Waals surface area contributed by atoms with Gasteiger partial charge in [0.05, 0.1) is 25.2 Å². The molecule has 2 heterocycles. The van der Waals surface area contributed by atoms with Crippen LogP contribution in [0.3, 0.4) is 0 Å². The minimum Gasteiger partial charge on any atom is -0.490 e. The normalized spacial score (nSPS) is 18.1. The van der Waals surface area contributed by atoms with Crippen LogP contribution in [0.5, 0.6) is 11.5 Å². The summed E-state index contributed by atoms with van der Waals surface area (Å²) in [5.41, 5.74) is 5.80. The largest absolute Gasteiger partial charge is 0.490 e. The summed E-state index contributed by atoms with van der Waals surface area (Å²) in [5, 5.41) is 24.7. The predicted molar refractivity (Wildman–Crippen MR) is 139 cm³/mol. The Morgan fingerprint density at radius 1 is 1.14 bits per heavy atom. The zero-order valence-electron chi connectivity index (χ0n) is 21.4. The number of rotatable bonds is 9. The van der Waals surface area contributed by atoms with Gasteiger partial charge in [-0.2, -0.15) is 0 Å². The highest BCUT2D eigenvalue weighted by molar-refractivity contribution is 5.77. The SMILES string of the molecule is CCOc1ccc(-c2onc3c2CCc2cc([C@@H](O)CN4CCC[C@H](C(=O)O)C4)ccc2-3)cc1OCC. The van der Waals surface area contributed by atoms with Gasteiger partial charge >= 0.3 is 5.97 Å². The van der Waals surface area contributed by atoms with Gasteiger partial charge in [-0.3, -0.25) is 9.69 Å². The molecule has 0 spiro atoms. The van der Waals surface area contributed by atoms with E-state index in [2.05, 4.69) is 16.1 Å². The smallest absolute Gasteiger partial charge is 0.307 e. The van der Waals surface area contributed by atoms with Crippen molar-refractivity contribution in [2.24, 2.45) is 5.92 Å². The average Bonchev–Trinajstić information content (AvgIpc) is 3.34. The molecule has 3 aromatic rings. The van der Waals surface area contributed by atoms with Gasteiger partial charge in [0.15, 0.2) is 17.3 Å². The van der Waals surface area contributed by atoms with E-state index in [0.29, 0.717) is 44.2 Å². The van der Waals surface area contributed by atoms with Crippen molar-refractivity contribution in [1.29, 1.82) is 0 Å². The van der Waals surface area contributed by atoms with Crippen LogP contribution in [-0.4, -0.2) is 59.1 Å². The number of hydrogen-bond donors (Lipinski definition) is 2. The van der Waals surface area contributed by atoms with Crippen LogP contribution < -0.4 is 9.47 Å². The molecular weight excluding hydrogens is 472 g/mol. The average molecular weight is 507 g/mol. The van der Waals surface area contributed by atoms with Crippen LogP contribution in [0.1, 0.15) is 49.5 Å². The number of aliphatic hydroxyl groups excluding tert-OH is 1. The fourth-order valence-electron chi connectivity index (χ4n) is 5.46. The quantitative estimate of drug-likeness (QED) is 0.429. The van der Waals surface area contributed by atoms with Crippen LogP contribution >= 0.6 is 0 Å². The van der Waals surface area contributed by atoms with Crippen molar-refractivity contribution in [3.63, 3.8) is 0 Å². The van der Waals surface area contributed by atoms with Gasteiger partial charge in [-0.05, 0) is 75.4 Å². The molecule has 196 valence electrons. The summed E-state index contributed by atoms with van der Waals surface area (Å²) >= 11 is 0. The van der Waals surface area contributed by atoms with E-state index in [4.69, 9.17) is 14.0 Å². The second-order valence-corrected chi connectivity index (χ2v) is 9.74. The molecule has 8 nitrogen and oxygen atoms in total. The number of aromatic nitrogens is 1. The Kier molecular flexibility index (Phi) is 7.48. The molecule has 8 heteroatoms. The Morgan fingerprint density at radius 3 is 2.73 bits per heavy atom. The van der Waals surface area contributed by atoms with Crippen LogP contribution in [0.4, 0.5) is 0 Å². The standard InChI is InChI=1S/C29H34N2O6/c1-3-35-25-12-9-20(15-26(25)36-4-2)28-23-11-7-18-14-19(8-10-22(18)27(23)30-37-28)24(32)17-31-13-5-6-21(16-31)29(33)34/h8-10,12,14-15,21,24,32H,3-7,11,13,16-17H2,1-2H3,(H,33,34)/t21-,24-/m0/s1. The Balaban J connectivity index is 1.36. The van der Waals surface area contributed by atoms with E-state index in [1.54, 1.807) is 0 Å². The summed E-state index contributed by atoms with van der Waals surface area (Å²) < 4.78 is 17.3. The Morgan fingerprint density at radius 2 is 1.95 bits per heavy atom. The molecule has 2 N–H and O–H groups in total. The minimum atomic E-state index is -0.755. The third kappa shape index (κ3) is 5.22. The van der Waals surface area contributed by atoms with Crippen LogP contribution in [-0.2, 0) is 17.6 Å². The number of aliphatic hydroxyl groups is 1. The highest BCUT2D eigenvalue weighted by Crippen LogP contribution is 2.41. The molecule has 0 amide bonds. The van der Waals surface area contributed by atoms with Crippen molar-refractivity contribution in [2.75, 3.05) is 32.8 Å². The number of ether oxygens (including phenoxy) is 2. The number of aliphatic carboxylic acids is 1. The van der Waals surface area contributed by atoms with Crippen molar-refractivity contribution in [3.05, 3.63) is 53.1 Å². The number of aryl methyl sites for hydroxylation is 1. The summed E-state index contributed by atoms with van der Waals surface area (Å²) in [6.45, 7) is 6.72. The fraction of sp³-hybridized carbons (Fsp3) is 0.448. The van der Waals surface area contributed by atoms with Gasteiger partial charge in [0.2, 0.25) is 0 Å². The van der Waals surface area contributed by atoms with Crippen LogP contribution in [0.25, 0.3) is 22.6 Å². The van der Waals surface area contributed by atoms with Gasteiger partial charge in [-0.1, -0.05) is 23.4 Å². The third-order valence-corrected chi connectivity index (χ3v) is 7.29. The second kappa shape index (κ2) is 10.9. The van der Waals surface area contributed by atoms with E-state index in [1.807, 2.05) is 44.2 Å². The number of carboxylic acids is 1. The molecule has 37 heavy (non-hydrogen) atoms. The van der Waals surface area contributed by atoms with Crippen molar-refractivity contribution < 1.29 is 29.0 Å². The van der Waals surface area contributed by atoms with Gasteiger partial charge in [-0.25, -0.2) is 0 Å². The maximum absolute atomic E-state index is 11.4. The molecule has 1 aromatic heterocycles. The van der Waals surface area contributed by atoms with Crippen molar-refractivity contribution in [1.82, 2.24) is 10.1 Å². The van der Waals surface area contributed by atoms with Crippen LogP contribution in [0.15, 0.2) is 40.9 Å². The first kappa shape index (κ1) is 25.3. The molecule has 5 rings (SSSR count). The lowest BCUT2D eigenvalue weighted by atomic mass is 9.86. The summed E-state index contributed by atoms with van der Waals surface area (Å²) in [6, 6.07) is 11.8. The van der Waals surface area contributed by atoms with Gasteiger partial charge in [-0.15, -0.1) is 0 Å². The van der Waals surface area contributed by atoms with Crippen LogP contribution in [0, 0.1) is 5.92 Å². The number of piperidine rings is 1. The second-order valence-electron chi connectivity index (χ2n) is 9.74. The summed E-state index contributed by atoms with van der Waals surface area (Å²) in [4.78, 5) is 13.4. The lowest BCUT2D eigenvalue weighted by Crippen LogP contribution is -2.40. The maximum Gasteiger partial charge on any atom is 0.307 e. The number of fused-ring (bicyclic) bond motifs is 3. The van der Waals surface area contributed by atoms with Crippen molar-refractivity contribution in [2.45, 2.75) is 45.6 Å². The zero-order valence-corrected chi connectivity index (χ0v) is 21.4. The Labute approximate surface area is 216 Å². The molecule has 1 aliphatic carbocycles. The summed E-state index contributed by atoms with van der Waals surface area (Å²) in [6.07, 6.45) is 2.47. The van der Waals surface area contributed by atoms with E-state index in [1.165, 1.54) is 0 Å². The third-order valence-electron chi connectivity index (χ3n) is 7.29. The number of hydrogen-bond acceptors (Lipinski definition) is 7. The number of nitrogens with zero attached hydrogens (tertiary/aromatic N) is 2. The predicted octanol–water partition coefficient (Wildman–Crippen LogP) is 4.73. The topological polar surface area (TPSA) is 105 Å². The lowest BCUT2D eigenvalue weighted by Gasteiger charge is -2.32. The molecule has 2 aliphatic rings. The van der Waals surface area contributed by atoms with Crippen LogP contribution in [0.2, 0.25) is 0 Å². The van der Waals surface area contributed by atoms with Crippen molar-refractivity contribution >= 4 is 5.97 Å². The van der Waals surface area contributed by atoms with E-state index in [-0.39, 0.29) is 5.92 Å². The molecule has 1 aliphatic heterocycles. The number of carbonyl (C=O) groups is 1. The van der Waals surface area contributed by atoms with E-state index in [0.717, 1.165) is 65.1 Å². The molecule has 0 saturated carbocycles. The minimum absolute atomic E-state index is 0.357. The Bertz CT molecular complexity index is 1270. The highest BCUT2D eigenvalue weighted by atomic mass is 16.5. The number of likely N-dealkylation sites (tertiary alicyclic amines) is 1. The molecule has 0 radical (unpaired) electrons. The first-order valence-electron chi connectivity index (χ1n) is 13.1. The first-order chi connectivity index (χ1) is 18.0. The van der Waals surface area contributed by atoms with Gasteiger partial charge in [0.1, 0.15) is 5.69 Å².